The SMILES string of the molecule is O=C(O)CCC(NC(=O)C1CC1c1cccc(F)c1F)c1ccccc1. The molecule has 0 spiro atoms. The Labute approximate surface area is 149 Å². The van der Waals surface area contributed by atoms with E-state index in [4.69, 9.17) is 5.11 Å². The molecular weight excluding hydrogens is 340 g/mol. The van der Waals surface area contributed by atoms with E-state index in [2.05, 4.69) is 5.32 Å². The zero-order chi connectivity index (χ0) is 18.7. The molecule has 0 bridgehead atoms. The molecule has 6 heteroatoms. The molecule has 26 heavy (non-hydrogen) atoms. The Hall–Kier alpha value is -2.76. The van der Waals surface area contributed by atoms with Gasteiger partial charge in [-0.2, -0.15) is 0 Å². The lowest BCUT2D eigenvalue weighted by Gasteiger charge is -2.18. The molecule has 1 aliphatic carbocycles. The first-order chi connectivity index (χ1) is 12.5. The minimum atomic E-state index is -0.939. The van der Waals surface area contributed by atoms with Gasteiger partial charge in [0.15, 0.2) is 11.6 Å². The van der Waals surface area contributed by atoms with Gasteiger partial charge in [0, 0.05) is 12.3 Å². The quantitative estimate of drug-likeness (QED) is 0.790. The standard InChI is InChI=1S/C20H19F2NO3/c21-16-8-4-7-13(19(16)22)14-11-15(14)20(26)23-17(9-10-18(24)25)12-5-2-1-3-6-12/h1-8,14-15,17H,9-11H2,(H,23,26)(H,24,25). The first-order valence-electron chi connectivity index (χ1n) is 8.48. The summed E-state index contributed by atoms with van der Waals surface area (Å²) in [5, 5.41) is 11.8. The molecule has 1 amide bonds. The number of carboxylic acids is 1. The van der Waals surface area contributed by atoms with Crippen molar-refractivity contribution in [2.75, 3.05) is 0 Å². The third-order valence-electron chi connectivity index (χ3n) is 4.67. The highest BCUT2D eigenvalue weighted by Gasteiger charge is 2.46. The maximum Gasteiger partial charge on any atom is 0.303 e. The maximum atomic E-state index is 13.9. The summed E-state index contributed by atoms with van der Waals surface area (Å²) in [7, 11) is 0. The second kappa shape index (κ2) is 7.64. The van der Waals surface area contributed by atoms with Gasteiger partial charge >= 0.3 is 5.97 Å². The molecule has 3 rings (SSSR count). The van der Waals surface area contributed by atoms with Crippen LogP contribution < -0.4 is 5.32 Å². The van der Waals surface area contributed by atoms with Crippen LogP contribution in [0.5, 0.6) is 0 Å². The molecular formula is C20H19F2NO3. The molecule has 2 aromatic carbocycles. The van der Waals surface area contributed by atoms with E-state index >= 15 is 0 Å². The van der Waals surface area contributed by atoms with E-state index in [1.807, 2.05) is 30.3 Å². The van der Waals surface area contributed by atoms with Crippen molar-refractivity contribution in [3.8, 4) is 0 Å². The fourth-order valence-corrected chi connectivity index (χ4v) is 3.19. The second-order valence-corrected chi connectivity index (χ2v) is 6.50. The Morgan fingerprint density at radius 3 is 2.54 bits per heavy atom. The fourth-order valence-electron chi connectivity index (χ4n) is 3.19. The van der Waals surface area contributed by atoms with E-state index in [0.29, 0.717) is 6.42 Å². The molecule has 1 aliphatic rings. The predicted octanol–water partition coefficient (Wildman–Crippen LogP) is 3.79. The largest absolute Gasteiger partial charge is 0.481 e. The lowest BCUT2D eigenvalue weighted by molar-refractivity contribution is -0.137. The number of halogens is 2. The number of carbonyl (C=O) groups is 2. The van der Waals surface area contributed by atoms with Crippen molar-refractivity contribution in [1.29, 1.82) is 0 Å². The molecule has 1 fully saturated rings. The average molecular weight is 359 g/mol. The Morgan fingerprint density at radius 2 is 1.85 bits per heavy atom. The summed E-state index contributed by atoms with van der Waals surface area (Å²) in [4.78, 5) is 23.4. The van der Waals surface area contributed by atoms with Crippen LogP contribution in [0.4, 0.5) is 8.78 Å². The van der Waals surface area contributed by atoms with Crippen molar-refractivity contribution in [1.82, 2.24) is 5.32 Å². The summed E-state index contributed by atoms with van der Waals surface area (Å²) in [5.41, 5.74) is 1.03. The number of carbonyl (C=O) groups excluding carboxylic acids is 1. The molecule has 0 aromatic heterocycles. The molecule has 0 saturated heterocycles. The van der Waals surface area contributed by atoms with Gasteiger partial charge in [0.1, 0.15) is 0 Å². The van der Waals surface area contributed by atoms with E-state index in [1.54, 1.807) is 0 Å². The number of nitrogens with one attached hydrogen (secondary N) is 1. The third kappa shape index (κ3) is 4.07. The zero-order valence-electron chi connectivity index (χ0n) is 14.0. The molecule has 3 unspecified atom stereocenters. The Balaban J connectivity index is 1.69. The molecule has 0 aliphatic heterocycles. The second-order valence-electron chi connectivity index (χ2n) is 6.50. The van der Waals surface area contributed by atoms with Gasteiger partial charge in [-0.15, -0.1) is 0 Å². The summed E-state index contributed by atoms with van der Waals surface area (Å²) in [6, 6.07) is 12.7. The first kappa shape index (κ1) is 18.0. The van der Waals surface area contributed by atoms with E-state index in [-0.39, 0.29) is 30.2 Å². The van der Waals surface area contributed by atoms with Crippen LogP contribution in [0.3, 0.4) is 0 Å². The lowest BCUT2D eigenvalue weighted by atomic mass is 10.0. The number of hydrogen-bond donors (Lipinski definition) is 2. The van der Waals surface area contributed by atoms with E-state index in [9.17, 15) is 18.4 Å². The van der Waals surface area contributed by atoms with Crippen molar-refractivity contribution >= 4 is 11.9 Å². The van der Waals surface area contributed by atoms with Crippen molar-refractivity contribution in [3.63, 3.8) is 0 Å². The molecule has 3 atom stereocenters. The number of amides is 1. The molecule has 136 valence electrons. The molecule has 0 radical (unpaired) electrons. The molecule has 0 heterocycles. The van der Waals surface area contributed by atoms with Crippen LogP contribution in [0, 0.1) is 17.6 Å². The Kier molecular flexibility index (Phi) is 5.30. The van der Waals surface area contributed by atoms with Crippen molar-refractivity contribution < 1.29 is 23.5 Å². The summed E-state index contributed by atoms with van der Waals surface area (Å²) in [6.07, 6.45) is 0.635. The van der Waals surface area contributed by atoms with Crippen molar-refractivity contribution in [2.24, 2.45) is 5.92 Å². The van der Waals surface area contributed by atoms with Gasteiger partial charge in [-0.25, -0.2) is 8.78 Å². The topological polar surface area (TPSA) is 66.4 Å². The van der Waals surface area contributed by atoms with E-state index in [1.165, 1.54) is 12.1 Å². The monoisotopic (exact) mass is 359 g/mol. The number of rotatable bonds is 7. The van der Waals surface area contributed by atoms with Crippen LogP contribution in [-0.2, 0) is 9.59 Å². The molecule has 2 aromatic rings. The Bertz CT molecular complexity index is 810. The van der Waals surface area contributed by atoms with Gasteiger partial charge in [-0.1, -0.05) is 42.5 Å². The summed E-state index contributed by atoms with van der Waals surface area (Å²) in [5.74, 6) is -3.80. The van der Waals surface area contributed by atoms with Gasteiger partial charge in [-0.3, -0.25) is 9.59 Å². The van der Waals surface area contributed by atoms with Crippen molar-refractivity contribution in [3.05, 3.63) is 71.3 Å². The minimum Gasteiger partial charge on any atom is -0.481 e. The zero-order valence-corrected chi connectivity index (χ0v) is 14.0. The average Bonchev–Trinajstić information content (AvgIpc) is 3.42. The van der Waals surface area contributed by atoms with Crippen LogP contribution >= 0.6 is 0 Å². The van der Waals surface area contributed by atoms with Gasteiger partial charge in [0.05, 0.1) is 6.04 Å². The van der Waals surface area contributed by atoms with Crippen LogP contribution in [-0.4, -0.2) is 17.0 Å². The minimum absolute atomic E-state index is 0.0769. The van der Waals surface area contributed by atoms with Crippen molar-refractivity contribution in [2.45, 2.75) is 31.2 Å². The van der Waals surface area contributed by atoms with E-state index < -0.39 is 29.6 Å². The third-order valence-corrected chi connectivity index (χ3v) is 4.67. The van der Waals surface area contributed by atoms with Crippen LogP contribution in [0.1, 0.15) is 42.3 Å². The molecule has 1 saturated carbocycles. The summed E-state index contributed by atoms with van der Waals surface area (Å²) in [6.45, 7) is 0. The highest BCUT2D eigenvalue weighted by molar-refractivity contribution is 5.83. The highest BCUT2D eigenvalue weighted by atomic mass is 19.2. The number of carboxylic acid groups (broad SMARTS) is 1. The van der Waals surface area contributed by atoms with E-state index in [0.717, 1.165) is 11.6 Å². The van der Waals surface area contributed by atoms with Gasteiger partial charge in [-0.05, 0) is 36.0 Å². The smallest absolute Gasteiger partial charge is 0.303 e. The predicted molar refractivity (Wildman–Crippen MR) is 91.4 cm³/mol. The normalized spacial score (nSPS) is 19.6. The first-order valence-corrected chi connectivity index (χ1v) is 8.48. The number of hydrogen-bond acceptors (Lipinski definition) is 2. The fraction of sp³-hybridized carbons (Fsp3) is 0.300. The number of benzene rings is 2. The Morgan fingerprint density at radius 1 is 1.12 bits per heavy atom. The lowest BCUT2D eigenvalue weighted by Crippen LogP contribution is -2.30. The maximum absolute atomic E-state index is 13.9. The molecule has 2 N–H and O–H groups in total. The highest BCUT2D eigenvalue weighted by Crippen LogP contribution is 2.48. The van der Waals surface area contributed by atoms with Crippen LogP contribution in [0.2, 0.25) is 0 Å². The molecule has 4 nitrogen and oxygen atoms in total. The van der Waals surface area contributed by atoms with Gasteiger partial charge < -0.3 is 10.4 Å². The van der Waals surface area contributed by atoms with Gasteiger partial charge in [0.2, 0.25) is 5.91 Å². The van der Waals surface area contributed by atoms with Crippen LogP contribution in [0.25, 0.3) is 0 Å². The van der Waals surface area contributed by atoms with Gasteiger partial charge in [0.25, 0.3) is 0 Å². The summed E-state index contributed by atoms with van der Waals surface area (Å²) < 4.78 is 27.3. The summed E-state index contributed by atoms with van der Waals surface area (Å²) >= 11 is 0. The number of aliphatic carboxylic acids is 1. The van der Waals surface area contributed by atoms with Crippen LogP contribution in [0.15, 0.2) is 48.5 Å².